The molecule has 78 heavy (non-hydrogen) atoms. The maximum atomic E-state index is 12.5. The third kappa shape index (κ3) is 63.5. The number of aliphatic hydroxyl groups excluding tert-OH is 2. The molecule has 0 aromatic carbocycles. The van der Waals surface area contributed by atoms with Crippen LogP contribution in [0.4, 0.5) is 0 Å². The number of nitrogens with one attached hydrogen (secondary N) is 1. The molecule has 0 fully saturated rings. The number of carbonyl (C=O) groups is 2. The summed E-state index contributed by atoms with van der Waals surface area (Å²) in [6, 6.07) is -0.625. The molecule has 2 atom stereocenters. The highest BCUT2D eigenvalue weighted by molar-refractivity contribution is 5.76. The van der Waals surface area contributed by atoms with Gasteiger partial charge in [-0.15, -0.1) is 0 Å². The highest BCUT2D eigenvalue weighted by atomic mass is 16.5. The summed E-state index contributed by atoms with van der Waals surface area (Å²) >= 11 is 0. The van der Waals surface area contributed by atoms with Gasteiger partial charge < -0.3 is 20.3 Å². The van der Waals surface area contributed by atoms with E-state index in [-0.39, 0.29) is 18.5 Å². The van der Waals surface area contributed by atoms with Crippen molar-refractivity contribution >= 4 is 11.9 Å². The summed E-state index contributed by atoms with van der Waals surface area (Å²) in [5.74, 6) is -0.0454. The number of amides is 1. The van der Waals surface area contributed by atoms with Crippen molar-refractivity contribution in [1.82, 2.24) is 5.32 Å². The summed E-state index contributed by atoms with van der Waals surface area (Å²) in [7, 11) is 0. The monoisotopic (exact) mass is 1100 g/mol. The van der Waals surface area contributed by atoms with Gasteiger partial charge in [-0.05, 0) is 57.8 Å². The largest absolute Gasteiger partial charge is 0.466 e. The van der Waals surface area contributed by atoms with E-state index in [1.807, 2.05) is 6.08 Å². The zero-order valence-electron chi connectivity index (χ0n) is 52.9. The molecule has 6 nitrogen and oxygen atoms in total. The lowest BCUT2D eigenvalue weighted by Crippen LogP contribution is -2.45. The fraction of sp³-hybridized carbons (Fsp3) is 0.917. The Balaban J connectivity index is 3.34. The van der Waals surface area contributed by atoms with Crippen molar-refractivity contribution < 1.29 is 24.5 Å². The Morgan fingerprint density at radius 1 is 0.346 bits per heavy atom. The number of ether oxygens (including phenoxy) is 1. The van der Waals surface area contributed by atoms with Crippen molar-refractivity contribution in [2.75, 3.05) is 13.2 Å². The Bertz CT molecular complexity index is 1220. The van der Waals surface area contributed by atoms with Crippen LogP contribution in [0.25, 0.3) is 0 Å². The van der Waals surface area contributed by atoms with E-state index in [9.17, 15) is 19.8 Å². The second-order valence-corrected chi connectivity index (χ2v) is 24.6. The second-order valence-electron chi connectivity index (χ2n) is 24.6. The first kappa shape index (κ1) is 76.3. The summed E-state index contributed by atoms with van der Waals surface area (Å²) < 4.78 is 5.50. The van der Waals surface area contributed by atoms with Gasteiger partial charge in [-0.2, -0.15) is 0 Å². The van der Waals surface area contributed by atoms with Crippen LogP contribution >= 0.6 is 0 Å². The average molecular weight is 1100 g/mol. The normalized spacial score (nSPS) is 12.6. The summed E-state index contributed by atoms with van der Waals surface area (Å²) in [6.45, 7) is 4.93. The smallest absolute Gasteiger partial charge is 0.305 e. The number of esters is 1. The zero-order chi connectivity index (χ0) is 56.4. The van der Waals surface area contributed by atoms with Gasteiger partial charge in [0.15, 0.2) is 0 Å². The SMILES string of the molecule is CCCCCCCC/C=C\CCCCCCCCCC(=O)OCCCCCCCCCCCCCCCCCCCCCCCCCCCCCCCC(=O)NC(CO)C(O)/C=C/CCCCCCCCCCCCCCC. The second kappa shape index (κ2) is 67.8. The van der Waals surface area contributed by atoms with Crippen LogP contribution in [0.3, 0.4) is 0 Å². The molecule has 6 heteroatoms. The molecule has 0 radical (unpaired) electrons. The van der Waals surface area contributed by atoms with E-state index in [4.69, 9.17) is 4.74 Å². The van der Waals surface area contributed by atoms with Gasteiger partial charge in [-0.3, -0.25) is 9.59 Å². The molecule has 0 aromatic heterocycles. The number of allylic oxidation sites excluding steroid dienone is 3. The Morgan fingerprint density at radius 3 is 0.910 bits per heavy atom. The number of hydrogen-bond donors (Lipinski definition) is 3. The maximum Gasteiger partial charge on any atom is 0.305 e. The van der Waals surface area contributed by atoms with E-state index in [0.29, 0.717) is 19.4 Å². The molecule has 0 aliphatic carbocycles. The number of carbonyl (C=O) groups excluding carboxylic acids is 2. The average Bonchev–Trinajstić information content (AvgIpc) is 3.44. The first-order valence-corrected chi connectivity index (χ1v) is 35.6. The predicted octanol–water partition coefficient (Wildman–Crippen LogP) is 22.9. The highest BCUT2D eigenvalue weighted by Gasteiger charge is 2.18. The van der Waals surface area contributed by atoms with Crippen molar-refractivity contribution in [3.05, 3.63) is 24.3 Å². The molecule has 0 saturated carbocycles. The first-order valence-electron chi connectivity index (χ1n) is 35.6. The van der Waals surface area contributed by atoms with E-state index in [0.717, 1.165) is 44.9 Å². The third-order valence-corrected chi connectivity index (χ3v) is 16.7. The molecule has 0 aromatic rings. The molecule has 0 aliphatic heterocycles. The highest BCUT2D eigenvalue weighted by Crippen LogP contribution is 2.19. The lowest BCUT2D eigenvalue weighted by Gasteiger charge is -2.20. The molecule has 0 aliphatic rings. The van der Waals surface area contributed by atoms with Gasteiger partial charge in [0.1, 0.15) is 0 Å². The van der Waals surface area contributed by atoms with E-state index < -0.39 is 12.1 Å². The Kier molecular flexibility index (Phi) is 66.4. The maximum absolute atomic E-state index is 12.5. The minimum atomic E-state index is -0.841. The van der Waals surface area contributed by atoms with E-state index in [1.54, 1.807) is 6.08 Å². The van der Waals surface area contributed by atoms with E-state index >= 15 is 0 Å². The molecule has 0 rings (SSSR count). The summed E-state index contributed by atoms with van der Waals surface area (Å²) in [5, 5.41) is 23.2. The molecule has 0 spiro atoms. The van der Waals surface area contributed by atoms with Crippen LogP contribution in [-0.2, 0) is 14.3 Å². The molecular formula is C72H139NO5. The predicted molar refractivity (Wildman–Crippen MR) is 343 cm³/mol. The molecular weight excluding hydrogens is 959 g/mol. The molecule has 1 amide bonds. The van der Waals surface area contributed by atoms with Gasteiger partial charge in [0.25, 0.3) is 0 Å². The number of unbranched alkanes of at least 4 members (excludes halogenated alkanes) is 54. The fourth-order valence-corrected chi connectivity index (χ4v) is 11.3. The van der Waals surface area contributed by atoms with Crippen LogP contribution in [0.5, 0.6) is 0 Å². The van der Waals surface area contributed by atoms with E-state index in [1.165, 1.54) is 327 Å². The molecule has 0 saturated heterocycles. The van der Waals surface area contributed by atoms with Crippen LogP contribution < -0.4 is 5.32 Å². The van der Waals surface area contributed by atoms with Gasteiger partial charge in [-0.1, -0.05) is 353 Å². The molecule has 3 N–H and O–H groups in total. The van der Waals surface area contributed by atoms with Gasteiger partial charge in [0.05, 0.1) is 25.4 Å². The van der Waals surface area contributed by atoms with Gasteiger partial charge in [-0.25, -0.2) is 0 Å². The van der Waals surface area contributed by atoms with Crippen molar-refractivity contribution in [1.29, 1.82) is 0 Å². The van der Waals surface area contributed by atoms with Crippen molar-refractivity contribution in [3.8, 4) is 0 Å². The van der Waals surface area contributed by atoms with E-state index in [2.05, 4.69) is 31.3 Å². The Labute approximate surface area is 488 Å². The van der Waals surface area contributed by atoms with Crippen molar-refractivity contribution in [3.63, 3.8) is 0 Å². The fourth-order valence-electron chi connectivity index (χ4n) is 11.3. The minimum absolute atomic E-state index is 0.0165. The summed E-state index contributed by atoms with van der Waals surface area (Å²) in [4.78, 5) is 24.6. The molecule has 2 unspecified atom stereocenters. The van der Waals surface area contributed by atoms with Crippen LogP contribution in [0.15, 0.2) is 24.3 Å². The van der Waals surface area contributed by atoms with Crippen molar-refractivity contribution in [2.45, 2.75) is 411 Å². The van der Waals surface area contributed by atoms with Crippen LogP contribution in [0.2, 0.25) is 0 Å². The van der Waals surface area contributed by atoms with Crippen LogP contribution in [0.1, 0.15) is 399 Å². The summed E-state index contributed by atoms with van der Waals surface area (Å²) in [6.07, 6.45) is 85.5. The number of aliphatic hydroxyl groups is 2. The Hall–Kier alpha value is -1.66. The zero-order valence-corrected chi connectivity index (χ0v) is 52.9. The molecule has 0 heterocycles. The molecule has 0 bridgehead atoms. The van der Waals surface area contributed by atoms with Gasteiger partial charge in [0, 0.05) is 12.8 Å². The topological polar surface area (TPSA) is 95.9 Å². The minimum Gasteiger partial charge on any atom is -0.466 e. The summed E-state index contributed by atoms with van der Waals surface area (Å²) in [5.41, 5.74) is 0. The lowest BCUT2D eigenvalue weighted by atomic mass is 10.0. The third-order valence-electron chi connectivity index (χ3n) is 16.7. The molecule has 462 valence electrons. The quantitative estimate of drug-likeness (QED) is 0.0320. The van der Waals surface area contributed by atoms with Crippen LogP contribution in [-0.4, -0.2) is 47.4 Å². The standard InChI is InChI=1S/C72H139NO5/c1-3-5-7-9-11-13-15-17-19-33-38-42-46-50-54-58-62-66-72(77)78-67-63-59-55-51-47-43-39-35-32-30-28-26-24-22-20-21-23-25-27-29-31-34-37-41-45-49-53-57-61-65-71(76)73-69(68-74)70(75)64-60-56-52-48-44-40-36-18-16-14-12-10-8-6-4-2/h17,19,60,64,69-70,74-75H,3-16,18,20-59,61-63,65-68H2,1-2H3,(H,73,76)/b19-17-,64-60+. The Morgan fingerprint density at radius 2 is 0.603 bits per heavy atom. The van der Waals surface area contributed by atoms with Gasteiger partial charge >= 0.3 is 5.97 Å². The van der Waals surface area contributed by atoms with Crippen LogP contribution in [0, 0.1) is 0 Å². The van der Waals surface area contributed by atoms with Crippen molar-refractivity contribution in [2.24, 2.45) is 0 Å². The number of rotatable bonds is 67. The lowest BCUT2D eigenvalue weighted by molar-refractivity contribution is -0.143. The number of hydrogen-bond acceptors (Lipinski definition) is 5. The first-order chi connectivity index (χ1) is 38.5. The van der Waals surface area contributed by atoms with Gasteiger partial charge in [0.2, 0.25) is 5.91 Å².